The van der Waals surface area contributed by atoms with Gasteiger partial charge < -0.3 is 0 Å². The van der Waals surface area contributed by atoms with Crippen LogP contribution in [-0.4, -0.2) is 12.0 Å². The van der Waals surface area contributed by atoms with Gasteiger partial charge in [-0.3, -0.25) is 4.79 Å². The number of carbonyl (C=O) groups excluding carboxylic acids is 1. The molecule has 0 aromatic rings. The van der Waals surface area contributed by atoms with Crippen LogP contribution >= 0.6 is 0 Å². The first-order chi connectivity index (χ1) is 5.61. The third-order valence-electron chi connectivity index (χ3n) is 2.67. The van der Waals surface area contributed by atoms with Crippen LogP contribution in [0.2, 0.25) is 0 Å². The van der Waals surface area contributed by atoms with Gasteiger partial charge in [-0.1, -0.05) is 20.3 Å². The predicted molar refractivity (Wildman–Crippen MR) is 46.7 cm³/mol. The molecule has 70 valence electrons. The fourth-order valence-electron chi connectivity index (χ4n) is 1.72. The maximum Gasteiger partial charge on any atom is 0.135 e. The van der Waals surface area contributed by atoms with Gasteiger partial charge in [-0.2, -0.15) is 0 Å². The minimum atomic E-state index is -0.715. The summed E-state index contributed by atoms with van der Waals surface area (Å²) in [7, 11) is 0. The second-order valence-corrected chi connectivity index (χ2v) is 4.03. The van der Waals surface area contributed by atoms with Crippen LogP contribution in [0.5, 0.6) is 0 Å². The van der Waals surface area contributed by atoms with Gasteiger partial charge in [0.05, 0.1) is 0 Å². The number of rotatable bonds is 3. The average molecular weight is 172 g/mol. The summed E-state index contributed by atoms with van der Waals surface area (Å²) in [4.78, 5) is 11.3. The van der Waals surface area contributed by atoms with Crippen molar-refractivity contribution in [2.45, 2.75) is 45.7 Å². The number of Topliss-reactive ketones (excluding diaryl/α,β-unsaturated/α-hetero) is 1. The zero-order chi connectivity index (χ0) is 9.14. The van der Waals surface area contributed by atoms with E-state index in [1.165, 1.54) is 0 Å². The highest BCUT2D eigenvalue weighted by Gasteiger charge is 2.29. The molecule has 12 heavy (non-hydrogen) atoms. The van der Waals surface area contributed by atoms with Crippen LogP contribution in [-0.2, 0) is 4.79 Å². The second-order valence-electron chi connectivity index (χ2n) is 4.03. The molecule has 0 radical (unpaired) electrons. The summed E-state index contributed by atoms with van der Waals surface area (Å²) >= 11 is 0. The quantitative estimate of drug-likeness (QED) is 0.639. The molecular formula is C10H17FO. The van der Waals surface area contributed by atoms with E-state index in [9.17, 15) is 9.18 Å². The lowest BCUT2D eigenvalue weighted by molar-refractivity contribution is -0.123. The van der Waals surface area contributed by atoms with Gasteiger partial charge >= 0.3 is 0 Å². The number of carbonyl (C=O) groups is 1. The fraction of sp³-hybridized carbons (Fsp3) is 0.900. The molecule has 0 saturated heterocycles. The Morgan fingerprint density at radius 1 is 1.50 bits per heavy atom. The van der Waals surface area contributed by atoms with E-state index in [4.69, 9.17) is 0 Å². The molecule has 0 aromatic heterocycles. The zero-order valence-corrected chi connectivity index (χ0v) is 7.85. The van der Waals surface area contributed by atoms with Gasteiger partial charge in [0.15, 0.2) is 0 Å². The van der Waals surface area contributed by atoms with Gasteiger partial charge in [0.25, 0.3) is 0 Å². The largest absolute Gasteiger partial charge is 0.299 e. The maximum atomic E-state index is 13.1. The molecule has 0 amide bonds. The highest BCUT2D eigenvalue weighted by atomic mass is 19.1. The van der Waals surface area contributed by atoms with Crippen molar-refractivity contribution in [2.24, 2.45) is 11.8 Å². The van der Waals surface area contributed by atoms with Crippen molar-refractivity contribution in [3.63, 3.8) is 0 Å². The highest BCUT2D eigenvalue weighted by molar-refractivity contribution is 5.80. The molecular weight excluding hydrogens is 155 g/mol. The van der Waals surface area contributed by atoms with Gasteiger partial charge in [-0.25, -0.2) is 4.39 Å². The SMILES string of the molecule is CC(C)C(=O)CC1CCCC1F. The second kappa shape index (κ2) is 4.01. The summed E-state index contributed by atoms with van der Waals surface area (Å²) in [6, 6.07) is 0. The lowest BCUT2D eigenvalue weighted by atomic mass is 9.94. The van der Waals surface area contributed by atoms with Crippen molar-refractivity contribution in [1.82, 2.24) is 0 Å². The van der Waals surface area contributed by atoms with E-state index in [0.717, 1.165) is 12.8 Å². The predicted octanol–water partition coefficient (Wildman–Crippen LogP) is 2.74. The highest BCUT2D eigenvalue weighted by Crippen LogP contribution is 2.31. The molecule has 2 atom stereocenters. The Morgan fingerprint density at radius 3 is 2.58 bits per heavy atom. The Balaban J connectivity index is 2.35. The van der Waals surface area contributed by atoms with Crippen molar-refractivity contribution >= 4 is 5.78 Å². The zero-order valence-electron chi connectivity index (χ0n) is 7.85. The minimum absolute atomic E-state index is 0.0277. The van der Waals surface area contributed by atoms with Gasteiger partial charge in [0, 0.05) is 12.3 Å². The number of ketones is 1. The summed E-state index contributed by atoms with van der Waals surface area (Å²) in [6.07, 6.45) is 2.26. The molecule has 1 aliphatic rings. The molecule has 1 aliphatic carbocycles. The Bertz CT molecular complexity index is 165. The van der Waals surface area contributed by atoms with E-state index < -0.39 is 6.17 Å². The first-order valence-corrected chi connectivity index (χ1v) is 4.78. The van der Waals surface area contributed by atoms with Crippen LogP contribution in [0.15, 0.2) is 0 Å². The average Bonchev–Trinajstić information content (AvgIpc) is 2.36. The van der Waals surface area contributed by atoms with E-state index in [-0.39, 0.29) is 17.6 Å². The third-order valence-corrected chi connectivity index (χ3v) is 2.67. The van der Waals surface area contributed by atoms with Crippen LogP contribution in [0.3, 0.4) is 0 Å². The minimum Gasteiger partial charge on any atom is -0.299 e. The molecule has 1 rings (SSSR count). The van der Waals surface area contributed by atoms with Gasteiger partial charge in [0.2, 0.25) is 0 Å². The number of alkyl halides is 1. The lowest BCUT2D eigenvalue weighted by Gasteiger charge is -2.12. The van der Waals surface area contributed by atoms with E-state index in [2.05, 4.69) is 0 Å². The fourth-order valence-corrected chi connectivity index (χ4v) is 1.72. The number of halogens is 1. The number of hydrogen-bond acceptors (Lipinski definition) is 1. The van der Waals surface area contributed by atoms with Gasteiger partial charge in [-0.05, 0) is 18.8 Å². The van der Waals surface area contributed by atoms with Crippen molar-refractivity contribution in [3.05, 3.63) is 0 Å². The van der Waals surface area contributed by atoms with E-state index in [1.54, 1.807) is 0 Å². The summed E-state index contributed by atoms with van der Waals surface area (Å²) in [5.41, 5.74) is 0. The van der Waals surface area contributed by atoms with E-state index >= 15 is 0 Å². The molecule has 1 nitrogen and oxygen atoms in total. The Hall–Kier alpha value is -0.400. The molecule has 1 saturated carbocycles. The monoisotopic (exact) mass is 172 g/mol. The topological polar surface area (TPSA) is 17.1 Å². The van der Waals surface area contributed by atoms with Gasteiger partial charge in [0.1, 0.15) is 12.0 Å². The normalized spacial score (nSPS) is 29.7. The van der Waals surface area contributed by atoms with Crippen LogP contribution in [0.1, 0.15) is 39.5 Å². The maximum absolute atomic E-state index is 13.1. The molecule has 2 heteroatoms. The smallest absolute Gasteiger partial charge is 0.135 e. The van der Waals surface area contributed by atoms with Crippen LogP contribution in [0, 0.1) is 11.8 Å². The van der Waals surface area contributed by atoms with Crippen molar-refractivity contribution < 1.29 is 9.18 Å². The molecule has 0 aromatic carbocycles. The van der Waals surface area contributed by atoms with Crippen molar-refractivity contribution in [3.8, 4) is 0 Å². The lowest BCUT2D eigenvalue weighted by Crippen LogP contribution is -2.17. The van der Waals surface area contributed by atoms with E-state index in [1.807, 2.05) is 13.8 Å². The summed E-state index contributed by atoms with van der Waals surface area (Å²) < 4.78 is 13.1. The third kappa shape index (κ3) is 2.29. The van der Waals surface area contributed by atoms with Crippen molar-refractivity contribution in [2.75, 3.05) is 0 Å². The first kappa shape index (κ1) is 9.69. The Kier molecular flexibility index (Phi) is 3.24. The molecule has 0 N–H and O–H groups in total. The molecule has 0 heterocycles. The summed E-state index contributed by atoms with van der Waals surface area (Å²) in [5, 5.41) is 0. The number of hydrogen-bond donors (Lipinski definition) is 0. The van der Waals surface area contributed by atoms with Crippen LogP contribution < -0.4 is 0 Å². The van der Waals surface area contributed by atoms with E-state index in [0.29, 0.717) is 12.8 Å². The molecule has 2 unspecified atom stereocenters. The van der Waals surface area contributed by atoms with Crippen molar-refractivity contribution in [1.29, 1.82) is 0 Å². The molecule has 0 spiro atoms. The Labute approximate surface area is 73.3 Å². The molecule has 0 bridgehead atoms. The van der Waals surface area contributed by atoms with Crippen LogP contribution in [0.25, 0.3) is 0 Å². The molecule has 0 aliphatic heterocycles. The first-order valence-electron chi connectivity index (χ1n) is 4.78. The van der Waals surface area contributed by atoms with Crippen LogP contribution in [0.4, 0.5) is 4.39 Å². The molecule has 1 fully saturated rings. The van der Waals surface area contributed by atoms with Gasteiger partial charge in [-0.15, -0.1) is 0 Å². The Morgan fingerprint density at radius 2 is 2.17 bits per heavy atom. The standard InChI is InChI=1S/C10H17FO/c1-7(2)10(12)6-8-4-3-5-9(8)11/h7-9H,3-6H2,1-2H3. The summed E-state index contributed by atoms with van der Waals surface area (Å²) in [5.74, 6) is 0.308. The summed E-state index contributed by atoms with van der Waals surface area (Å²) in [6.45, 7) is 3.76.